The van der Waals surface area contributed by atoms with Crippen molar-refractivity contribution in [2.24, 2.45) is 0 Å². The van der Waals surface area contributed by atoms with Crippen LogP contribution in [-0.2, 0) is 0 Å². The van der Waals surface area contributed by atoms with Gasteiger partial charge in [0.25, 0.3) is 0 Å². The Morgan fingerprint density at radius 1 is 0.944 bits per heavy atom. The zero-order valence-corrected chi connectivity index (χ0v) is 11.9. The first-order valence-corrected chi connectivity index (χ1v) is 6.57. The van der Waals surface area contributed by atoms with Gasteiger partial charge in [0.05, 0.1) is 6.10 Å². The van der Waals surface area contributed by atoms with Crippen molar-refractivity contribution < 1.29 is 5.11 Å². The molecule has 1 aliphatic rings. The second-order valence-corrected chi connectivity index (χ2v) is 5.35. The van der Waals surface area contributed by atoms with E-state index in [1.807, 2.05) is 19.1 Å². The minimum atomic E-state index is -0.414. The van der Waals surface area contributed by atoms with Gasteiger partial charge in [-0.25, -0.2) is 0 Å². The smallest absolute Gasteiger partial charge is 0.0764 e. The Balaban J connectivity index is 2.58. The average Bonchev–Trinajstić information content (AvgIpc) is 2.54. The van der Waals surface area contributed by atoms with Gasteiger partial charge in [-0.05, 0) is 56.9 Å². The lowest BCUT2D eigenvalue weighted by molar-refractivity contribution is 0.198. The number of aliphatic hydroxyl groups is 1. The van der Waals surface area contributed by atoms with E-state index in [0.717, 1.165) is 5.56 Å². The van der Waals surface area contributed by atoms with Gasteiger partial charge in [0, 0.05) is 5.92 Å². The fourth-order valence-corrected chi connectivity index (χ4v) is 2.97. The summed E-state index contributed by atoms with van der Waals surface area (Å²) < 4.78 is 0. The predicted molar refractivity (Wildman–Crippen MR) is 76.6 cm³/mol. The Labute approximate surface area is 110 Å². The average molecular weight is 242 g/mol. The number of allylic oxidation sites excluding steroid dienone is 4. The van der Waals surface area contributed by atoms with Crippen LogP contribution in [0.25, 0.3) is 0 Å². The van der Waals surface area contributed by atoms with Crippen LogP contribution in [-0.4, -0.2) is 5.11 Å². The van der Waals surface area contributed by atoms with Gasteiger partial charge in [-0.3, -0.25) is 0 Å². The van der Waals surface area contributed by atoms with Gasteiger partial charge in [-0.2, -0.15) is 0 Å². The van der Waals surface area contributed by atoms with Crippen LogP contribution in [0.15, 0.2) is 46.6 Å². The number of aliphatic hydroxyl groups excluding tert-OH is 1. The monoisotopic (exact) mass is 242 g/mol. The van der Waals surface area contributed by atoms with E-state index in [0.29, 0.717) is 5.92 Å². The van der Waals surface area contributed by atoms with Crippen molar-refractivity contribution in [3.8, 4) is 0 Å². The maximum absolute atomic E-state index is 9.94. The van der Waals surface area contributed by atoms with Gasteiger partial charge in [0.2, 0.25) is 0 Å². The van der Waals surface area contributed by atoms with E-state index >= 15 is 0 Å². The summed E-state index contributed by atoms with van der Waals surface area (Å²) in [6, 6.07) is 8.23. The Bertz CT molecular complexity index is 508. The zero-order chi connectivity index (χ0) is 13.4. The molecule has 0 heterocycles. The SMILES string of the molecule is CC1=C(C)C(c2ccccc2C(C)O)C(C)=C1C. The highest BCUT2D eigenvalue weighted by Crippen LogP contribution is 2.44. The van der Waals surface area contributed by atoms with Crippen molar-refractivity contribution in [3.05, 3.63) is 57.7 Å². The predicted octanol–water partition coefficient (Wildman–Crippen LogP) is 4.51. The molecule has 1 unspecified atom stereocenters. The van der Waals surface area contributed by atoms with Gasteiger partial charge < -0.3 is 5.11 Å². The van der Waals surface area contributed by atoms with Gasteiger partial charge in [0.1, 0.15) is 0 Å². The molecule has 0 amide bonds. The van der Waals surface area contributed by atoms with Crippen molar-refractivity contribution in [1.82, 2.24) is 0 Å². The molecule has 0 aliphatic heterocycles. The third-order valence-electron chi connectivity index (χ3n) is 4.37. The highest BCUT2D eigenvalue weighted by molar-refractivity contribution is 5.55. The lowest BCUT2D eigenvalue weighted by Gasteiger charge is -2.21. The topological polar surface area (TPSA) is 20.2 Å². The fraction of sp³-hybridized carbons (Fsp3) is 0.412. The standard InChI is InChI=1S/C17H22O/c1-10-11(2)13(4)17(12(10)3)16-9-7-6-8-15(16)14(5)18/h6-9,14,17-18H,1-5H3. The number of hydrogen-bond acceptors (Lipinski definition) is 1. The molecule has 1 aromatic rings. The van der Waals surface area contributed by atoms with E-state index in [-0.39, 0.29) is 0 Å². The maximum atomic E-state index is 9.94. The maximum Gasteiger partial charge on any atom is 0.0764 e. The van der Waals surface area contributed by atoms with Crippen LogP contribution in [0.4, 0.5) is 0 Å². The Morgan fingerprint density at radius 3 is 1.94 bits per heavy atom. The molecule has 1 N–H and O–H groups in total. The first-order valence-electron chi connectivity index (χ1n) is 6.57. The lowest BCUT2D eigenvalue weighted by atomic mass is 9.85. The summed E-state index contributed by atoms with van der Waals surface area (Å²) in [6.45, 7) is 10.6. The van der Waals surface area contributed by atoms with E-state index in [1.54, 1.807) is 0 Å². The van der Waals surface area contributed by atoms with Gasteiger partial charge in [0.15, 0.2) is 0 Å². The number of benzene rings is 1. The van der Waals surface area contributed by atoms with Crippen molar-refractivity contribution in [2.75, 3.05) is 0 Å². The number of hydrogen-bond donors (Lipinski definition) is 1. The van der Waals surface area contributed by atoms with Crippen molar-refractivity contribution >= 4 is 0 Å². The third-order valence-corrected chi connectivity index (χ3v) is 4.37. The summed E-state index contributed by atoms with van der Waals surface area (Å²) in [4.78, 5) is 0. The minimum absolute atomic E-state index is 0.343. The minimum Gasteiger partial charge on any atom is -0.389 e. The second kappa shape index (κ2) is 4.74. The van der Waals surface area contributed by atoms with Crippen LogP contribution in [0.3, 0.4) is 0 Å². The highest BCUT2D eigenvalue weighted by atomic mass is 16.3. The summed E-state index contributed by atoms with van der Waals surface area (Å²) in [5.41, 5.74) is 7.93. The zero-order valence-electron chi connectivity index (χ0n) is 11.9. The molecule has 0 bridgehead atoms. The quantitative estimate of drug-likeness (QED) is 0.809. The van der Waals surface area contributed by atoms with Crippen LogP contribution < -0.4 is 0 Å². The van der Waals surface area contributed by atoms with E-state index in [1.165, 1.54) is 27.9 Å². The van der Waals surface area contributed by atoms with Crippen molar-refractivity contribution in [3.63, 3.8) is 0 Å². The molecule has 1 aliphatic carbocycles. The van der Waals surface area contributed by atoms with Gasteiger partial charge in [-0.15, -0.1) is 0 Å². The molecule has 0 radical (unpaired) electrons. The molecule has 18 heavy (non-hydrogen) atoms. The van der Waals surface area contributed by atoms with Crippen LogP contribution in [0.1, 0.15) is 57.8 Å². The van der Waals surface area contributed by atoms with E-state index in [9.17, 15) is 5.11 Å². The molecule has 1 nitrogen and oxygen atoms in total. The van der Waals surface area contributed by atoms with Crippen LogP contribution in [0, 0.1) is 0 Å². The molecule has 0 spiro atoms. The first kappa shape index (κ1) is 13.1. The highest BCUT2D eigenvalue weighted by Gasteiger charge is 2.27. The number of rotatable bonds is 2. The Morgan fingerprint density at radius 2 is 1.44 bits per heavy atom. The summed E-state index contributed by atoms with van der Waals surface area (Å²) in [7, 11) is 0. The molecule has 1 heteroatoms. The van der Waals surface area contributed by atoms with Crippen molar-refractivity contribution in [1.29, 1.82) is 0 Å². The summed E-state index contributed by atoms with van der Waals surface area (Å²) in [5, 5.41) is 9.94. The molecule has 1 atom stereocenters. The molecule has 0 saturated carbocycles. The molecule has 1 aromatic carbocycles. The summed E-state index contributed by atoms with van der Waals surface area (Å²) in [5.74, 6) is 0.343. The summed E-state index contributed by atoms with van der Waals surface area (Å²) in [6.07, 6.45) is -0.414. The molecular formula is C17H22O. The first-order chi connectivity index (χ1) is 8.45. The molecule has 0 fully saturated rings. The van der Waals surface area contributed by atoms with Gasteiger partial charge in [-0.1, -0.05) is 35.4 Å². The van der Waals surface area contributed by atoms with Gasteiger partial charge >= 0.3 is 0 Å². The molecule has 0 aromatic heterocycles. The Kier molecular flexibility index (Phi) is 3.45. The van der Waals surface area contributed by atoms with E-state index in [2.05, 4.69) is 39.8 Å². The fourth-order valence-electron chi connectivity index (χ4n) is 2.97. The second-order valence-electron chi connectivity index (χ2n) is 5.35. The van der Waals surface area contributed by atoms with Crippen LogP contribution in [0.5, 0.6) is 0 Å². The largest absolute Gasteiger partial charge is 0.389 e. The van der Waals surface area contributed by atoms with Crippen LogP contribution in [0.2, 0.25) is 0 Å². The molecule has 0 saturated heterocycles. The molecule has 2 rings (SSSR count). The van der Waals surface area contributed by atoms with E-state index in [4.69, 9.17) is 0 Å². The molecular weight excluding hydrogens is 220 g/mol. The third kappa shape index (κ3) is 1.93. The molecule has 96 valence electrons. The Hall–Kier alpha value is -1.34. The van der Waals surface area contributed by atoms with Crippen LogP contribution >= 0.6 is 0 Å². The van der Waals surface area contributed by atoms with Crippen molar-refractivity contribution in [2.45, 2.75) is 46.6 Å². The normalized spacial score (nSPS) is 18.8. The lowest BCUT2D eigenvalue weighted by Crippen LogP contribution is -2.06. The summed E-state index contributed by atoms with van der Waals surface area (Å²) >= 11 is 0. The van der Waals surface area contributed by atoms with E-state index < -0.39 is 6.10 Å².